The van der Waals surface area contributed by atoms with E-state index in [1.165, 1.54) is 6.92 Å². The van der Waals surface area contributed by atoms with Crippen LogP contribution in [-0.2, 0) is 33.4 Å². The van der Waals surface area contributed by atoms with Crippen LogP contribution in [0.1, 0.15) is 26.7 Å². The van der Waals surface area contributed by atoms with E-state index in [1.807, 2.05) is 0 Å². The number of hydrogen-bond acceptors (Lipinski definition) is 8. The molecule has 4 atom stereocenters. The number of fused-ring (bicyclic) bond motifs is 1. The maximum absolute atomic E-state index is 12.3. The first-order valence-corrected chi connectivity index (χ1v) is 9.08. The van der Waals surface area contributed by atoms with Crippen LogP contribution in [0.2, 0.25) is 0 Å². The van der Waals surface area contributed by atoms with E-state index >= 15 is 0 Å². The van der Waals surface area contributed by atoms with Gasteiger partial charge in [-0.15, -0.1) is 0 Å². The van der Waals surface area contributed by atoms with Gasteiger partial charge in [-0.2, -0.15) is 0 Å². The fraction of sp³-hybridized carbons (Fsp3) is 0.429. The lowest BCUT2D eigenvalue weighted by Crippen LogP contribution is -2.45. The van der Waals surface area contributed by atoms with Crippen LogP contribution in [0.15, 0.2) is 47.6 Å². The molecule has 2 rings (SSSR count). The van der Waals surface area contributed by atoms with Crippen LogP contribution in [0.5, 0.6) is 0 Å². The number of aliphatic hydroxyl groups is 1. The monoisotopic (exact) mass is 404 g/mol. The van der Waals surface area contributed by atoms with Crippen molar-refractivity contribution in [1.29, 1.82) is 0 Å². The van der Waals surface area contributed by atoms with Gasteiger partial charge in [-0.3, -0.25) is 9.59 Å². The van der Waals surface area contributed by atoms with Gasteiger partial charge in [0, 0.05) is 23.6 Å². The molecule has 8 heteroatoms. The zero-order chi connectivity index (χ0) is 21.7. The molecule has 1 heterocycles. The molecule has 1 saturated heterocycles. The summed E-state index contributed by atoms with van der Waals surface area (Å²) in [4.78, 5) is 48.0. The summed E-state index contributed by atoms with van der Waals surface area (Å²) in [5, 5.41) is 9.61. The number of esters is 3. The third kappa shape index (κ3) is 5.08. The normalized spacial score (nSPS) is 28.8. The molecule has 2 aliphatic rings. The highest BCUT2D eigenvalue weighted by Crippen LogP contribution is 2.37. The van der Waals surface area contributed by atoms with Gasteiger partial charge in [-0.25, -0.2) is 9.59 Å². The molecule has 0 aromatic rings. The number of hydrogen-bond donors (Lipinski definition) is 1. The topological polar surface area (TPSA) is 116 Å². The average molecular weight is 404 g/mol. The van der Waals surface area contributed by atoms with Crippen LogP contribution in [0.3, 0.4) is 0 Å². The molecule has 1 fully saturated rings. The van der Waals surface area contributed by atoms with E-state index < -0.39 is 42.1 Å². The summed E-state index contributed by atoms with van der Waals surface area (Å²) in [5.41, 5.74) is 0.745. The standard InChI is InChI=1S/C21H24O8/c1-11(2)20(25)29-19-17-12(3)21(26)28-16(17)8-14(9-22)6-5-7-15(10-23)18(19)27-13(4)24/h7-8,10,16-19,22H,1,3,5-6,9H2,2,4H3/b14-8?,15-7-/t16-,17+,18+,19+/m1/s1. The van der Waals surface area contributed by atoms with Crippen molar-refractivity contribution in [3.63, 3.8) is 0 Å². The molecule has 0 radical (unpaired) electrons. The number of rotatable bonds is 5. The molecule has 0 bridgehead atoms. The van der Waals surface area contributed by atoms with Gasteiger partial charge >= 0.3 is 17.9 Å². The second-order valence-corrected chi connectivity index (χ2v) is 6.94. The molecule has 1 aliphatic heterocycles. The quantitative estimate of drug-likeness (QED) is 0.240. The first-order valence-electron chi connectivity index (χ1n) is 9.08. The Balaban J connectivity index is 2.65. The largest absolute Gasteiger partial charge is 0.454 e. The molecular weight excluding hydrogens is 380 g/mol. The van der Waals surface area contributed by atoms with Gasteiger partial charge in [-0.05, 0) is 31.4 Å². The first-order chi connectivity index (χ1) is 13.7. The highest BCUT2D eigenvalue weighted by atomic mass is 16.6. The summed E-state index contributed by atoms with van der Waals surface area (Å²) >= 11 is 0. The zero-order valence-corrected chi connectivity index (χ0v) is 16.4. The molecule has 0 saturated carbocycles. The van der Waals surface area contributed by atoms with Crippen molar-refractivity contribution in [3.8, 4) is 0 Å². The number of aliphatic hydroxyl groups excluding tert-OH is 1. The van der Waals surface area contributed by atoms with Gasteiger partial charge in [0.2, 0.25) is 0 Å². The van der Waals surface area contributed by atoms with Crippen LogP contribution in [0.4, 0.5) is 0 Å². The highest BCUT2D eigenvalue weighted by molar-refractivity contribution is 5.92. The Morgan fingerprint density at radius 1 is 1.34 bits per heavy atom. The lowest BCUT2D eigenvalue weighted by molar-refractivity contribution is -0.166. The van der Waals surface area contributed by atoms with E-state index in [-0.39, 0.29) is 23.3 Å². The predicted octanol–water partition coefficient (Wildman–Crippen LogP) is 1.34. The molecule has 29 heavy (non-hydrogen) atoms. The minimum Gasteiger partial charge on any atom is -0.454 e. The number of allylic oxidation sites excluding steroid dienone is 1. The molecule has 1 aliphatic carbocycles. The second-order valence-electron chi connectivity index (χ2n) is 6.94. The van der Waals surface area contributed by atoms with Crippen molar-refractivity contribution in [1.82, 2.24) is 0 Å². The van der Waals surface area contributed by atoms with Gasteiger partial charge in [0.25, 0.3) is 0 Å². The number of ether oxygens (including phenoxy) is 3. The third-order valence-corrected chi connectivity index (χ3v) is 4.71. The Kier molecular flexibility index (Phi) is 7.28. The van der Waals surface area contributed by atoms with Crippen molar-refractivity contribution >= 4 is 24.2 Å². The van der Waals surface area contributed by atoms with E-state index in [4.69, 9.17) is 14.2 Å². The number of aldehydes is 1. The number of carbonyl (C=O) groups is 4. The van der Waals surface area contributed by atoms with E-state index in [0.29, 0.717) is 24.7 Å². The summed E-state index contributed by atoms with van der Waals surface area (Å²) < 4.78 is 16.2. The number of carbonyl (C=O) groups excluding carboxylic acids is 4. The fourth-order valence-electron chi connectivity index (χ4n) is 3.28. The summed E-state index contributed by atoms with van der Waals surface area (Å²) in [6.45, 7) is 9.59. The maximum atomic E-state index is 12.3. The Morgan fingerprint density at radius 2 is 2.03 bits per heavy atom. The van der Waals surface area contributed by atoms with Crippen LogP contribution in [0.25, 0.3) is 0 Å². The third-order valence-electron chi connectivity index (χ3n) is 4.71. The minimum absolute atomic E-state index is 0.00558. The van der Waals surface area contributed by atoms with Gasteiger partial charge in [-0.1, -0.05) is 19.2 Å². The van der Waals surface area contributed by atoms with E-state index in [2.05, 4.69) is 13.2 Å². The SMILES string of the molecule is C=C(C)C(=O)O[C@H]1[C@H]2C(=C)C(=O)O[C@@H]2C=C(CO)CC/C=C(/C=O)[C@@H]1OC(C)=O. The fourth-order valence-corrected chi connectivity index (χ4v) is 3.28. The van der Waals surface area contributed by atoms with Gasteiger partial charge in [0.1, 0.15) is 12.4 Å². The Morgan fingerprint density at radius 3 is 2.59 bits per heavy atom. The lowest BCUT2D eigenvalue weighted by Gasteiger charge is -2.33. The predicted molar refractivity (Wildman–Crippen MR) is 101 cm³/mol. The van der Waals surface area contributed by atoms with Crippen LogP contribution >= 0.6 is 0 Å². The minimum atomic E-state index is -1.27. The van der Waals surface area contributed by atoms with Crippen LogP contribution in [0, 0.1) is 5.92 Å². The second kappa shape index (κ2) is 9.47. The molecule has 156 valence electrons. The Bertz CT molecular complexity index is 803. The van der Waals surface area contributed by atoms with Gasteiger partial charge in [0.05, 0.1) is 12.5 Å². The van der Waals surface area contributed by atoms with Crippen LogP contribution < -0.4 is 0 Å². The van der Waals surface area contributed by atoms with Gasteiger partial charge in [0.15, 0.2) is 12.2 Å². The van der Waals surface area contributed by atoms with E-state index in [9.17, 15) is 24.3 Å². The smallest absolute Gasteiger partial charge is 0.334 e. The van der Waals surface area contributed by atoms with Crippen molar-refractivity contribution in [2.24, 2.45) is 5.92 Å². The molecule has 1 N–H and O–H groups in total. The molecule has 0 aromatic carbocycles. The average Bonchev–Trinajstić information content (AvgIpc) is 2.93. The van der Waals surface area contributed by atoms with Crippen LogP contribution in [-0.4, -0.2) is 54.2 Å². The van der Waals surface area contributed by atoms with E-state index in [0.717, 1.165) is 6.92 Å². The summed E-state index contributed by atoms with van der Waals surface area (Å²) in [5.74, 6) is -3.12. The Hall–Kier alpha value is -3.00. The Labute approximate surface area is 168 Å². The molecule has 8 nitrogen and oxygen atoms in total. The summed E-state index contributed by atoms with van der Waals surface area (Å²) in [7, 11) is 0. The van der Waals surface area contributed by atoms with Crippen molar-refractivity contribution < 1.29 is 38.5 Å². The van der Waals surface area contributed by atoms with Crippen molar-refractivity contribution in [2.75, 3.05) is 6.61 Å². The highest BCUT2D eigenvalue weighted by Gasteiger charge is 2.49. The molecule has 0 unspecified atom stereocenters. The van der Waals surface area contributed by atoms with E-state index in [1.54, 1.807) is 12.2 Å². The van der Waals surface area contributed by atoms with Crippen molar-refractivity contribution in [2.45, 2.75) is 45.0 Å². The molecular formula is C21H24O8. The lowest BCUT2D eigenvalue weighted by atomic mass is 9.83. The zero-order valence-electron chi connectivity index (χ0n) is 16.4. The first kappa shape index (κ1) is 22.3. The molecule has 0 spiro atoms. The van der Waals surface area contributed by atoms with Gasteiger partial charge < -0.3 is 19.3 Å². The summed E-state index contributed by atoms with van der Waals surface area (Å²) in [6.07, 6.45) is 0.932. The summed E-state index contributed by atoms with van der Waals surface area (Å²) in [6, 6.07) is 0. The molecule has 0 aromatic heterocycles. The molecule has 0 amide bonds. The van der Waals surface area contributed by atoms with Crippen molar-refractivity contribution in [3.05, 3.63) is 47.6 Å². The maximum Gasteiger partial charge on any atom is 0.334 e.